The molecule has 9 nitrogen and oxygen atoms in total. The second-order valence-corrected chi connectivity index (χ2v) is 10.6. The number of amides is 2. The number of likely N-dealkylation sites (N-methyl/N-ethyl adjacent to an activating group) is 1. The molecule has 0 aliphatic carbocycles. The lowest BCUT2D eigenvalue weighted by Gasteiger charge is -2.36. The number of alkyl halides is 1. The van der Waals surface area contributed by atoms with E-state index in [-0.39, 0.29) is 19.1 Å². The molecular weight excluding hydrogens is 531 g/mol. The zero-order valence-corrected chi connectivity index (χ0v) is 22.7. The number of benzene rings is 1. The number of carbonyl (C=O) groups excluding carboxylic acids is 1. The van der Waals surface area contributed by atoms with Gasteiger partial charge in [-0.05, 0) is 32.3 Å². The number of hydrogen-bond donors (Lipinski definition) is 1. The Kier molecular flexibility index (Phi) is 8.08. The van der Waals surface area contributed by atoms with E-state index in [1.807, 2.05) is 44.4 Å². The molecule has 0 saturated heterocycles. The van der Waals surface area contributed by atoms with Crippen LogP contribution < -0.4 is 19.9 Å². The first-order valence-electron chi connectivity index (χ1n) is 12.1. The minimum Gasteiger partial charge on any atom is -0.492 e. The minimum absolute atomic E-state index is 0.185. The van der Waals surface area contributed by atoms with Crippen LogP contribution in [-0.2, 0) is 24.6 Å². The number of thiophene rings is 1. The third-order valence-electron chi connectivity index (χ3n) is 6.14. The molecule has 1 N–H and O–H groups in total. The van der Waals surface area contributed by atoms with Gasteiger partial charge in [0.05, 0.1) is 25.4 Å². The number of ether oxygens (including phenoxy) is 2. The number of rotatable bonds is 6. The molecule has 200 valence electrons. The molecule has 2 amide bonds. The molecule has 38 heavy (non-hydrogen) atoms. The van der Waals surface area contributed by atoms with E-state index in [2.05, 4.69) is 20.2 Å². The number of anilines is 4. The van der Waals surface area contributed by atoms with Crippen molar-refractivity contribution in [2.24, 2.45) is 0 Å². The van der Waals surface area contributed by atoms with Gasteiger partial charge in [-0.15, -0.1) is 11.3 Å². The summed E-state index contributed by atoms with van der Waals surface area (Å²) in [5.41, 5.74) is 3.17. The molecule has 2 aliphatic rings. The van der Waals surface area contributed by atoms with Crippen LogP contribution in [0.15, 0.2) is 41.9 Å². The number of aromatic nitrogens is 2. The molecule has 0 fully saturated rings. The molecular formula is C26H28ClFN6O3S. The maximum atomic E-state index is 13.7. The Hall–Kier alpha value is -3.25. The van der Waals surface area contributed by atoms with Crippen LogP contribution in [0.5, 0.6) is 5.75 Å². The summed E-state index contributed by atoms with van der Waals surface area (Å²) in [6.45, 7) is 1.78. The standard InChI is InChI=1S/C26H28ClFN6O3S/c1-32(2)8-10-37-21-6-5-20-11-17(21)15-36-9-4-3-7-33-24-19(13-29-25(30-20)31-24)14-34(26(33)35)22-18(12-28)16-38-23(22)27/h3-6,11,13,16H,7-10,12,14-15H2,1-2H3,(H,29,30,31)/b4-3-. The number of hydrogen-bond acceptors (Lipinski definition) is 8. The third-order valence-corrected chi connectivity index (χ3v) is 7.38. The molecule has 3 aromatic rings. The van der Waals surface area contributed by atoms with Gasteiger partial charge in [0.25, 0.3) is 0 Å². The summed E-state index contributed by atoms with van der Waals surface area (Å²) in [5, 5.41) is 4.87. The number of nitrogens with one attached hydrogen (secondary N) is 1. The van der Waals surface area contributed by atoms with Gasteiger partial charge in [-0.25, -0.2) is 14.2 Å². The van der Waals surface area contributed by atoms with Crippen LogP contribution in [0, 0.1) is 0 Å². The van der Waals surface area contributed by atoms with Gasteiger partial charge in [0, 0.05) is 47.0 Å². The third kappa shape index (κ3) is 5.60. The minimum atomic E-state index is -0.715. The van der Waals surface area contributed by atoms with Gasteiger partial charge >= 0.3 is 6.03 Å². The topological polar surface area (TPSA) is 83.1 Å². The first kappa shape index (κ1) is 26.4. The highest BCUT2D eigenvalue weighted by Crippen LogP contribution is 2.41. The van der Waals surface area contributed by atoms with Crippen molar-refractivity contribution in [1.29, 1.82) is 0 Å². The number of urea groups is 1. The van der Waals surface area contributed by atoms with Gasteiger partial charge in [-0.1, -0.05) is 23.8 Å². The van der Waals surface area contributed by atoms with Gasteiger partial charge in [-0.3, -0.25) is 9.80 Å². The largest absolute Gasteiger partial charge is 0.492 e. The van der Waals surface area contributed by atoms with Gasteiger partial charge in [0.2, 0.25) is 5.95 Å². The van der Waals surface area contributed by atoms with E-state index in [9.17, 15) is 9.18 Å². The van der Waals surface area contributed by atoms with Gasteiger partial charge < -0.3 is 19.7 Å². The molecule has 4 heterocycles. The SMILES string of the molecule is CN(C)CCOc1ccc2cc1COC/C=C\CN1C(=O)N(c3c(CF)csc3Cl)Cc3cnc(nc31)N2. The average Bonchev–Trinajstić information content (AvgIpc) is 3.27. The lowest BCUT2D eigenvalue weighted by Crippen LogP contribution is -2.48. The van der Waals surface area contributed by atoms with Gasteiger partial charge in [0.15, 0.2) is 0 Å². The molecule has 0 saturated carbocycles. The molecule has 5 rings (SSSR count). The number of halogens is 2. The summed E-state index contributed by atoms with van der Waals surface area (Å²) in [7, 11) is 4.00. The summed E-state index contributed by atoms with van der Waals surface area (Å²) < 4.78 is 25.9. The van der Waals surface area contributed by atoms with E-state index in [0.29, 0.717) is 47.2 Å². The fourth-order valence-electron chi connectivity index (χ4n) is 4.21. The van der Waals surface area contributed by atoms with Crippen LogP contribution in [0.25, 0.3) is 0 Å². The van der Waals surface area contributed by atoms with E-state index in [0.717, 1.165) is 29.1 Å². The summed E-state index contributed by atoms with van der Waals surface area (Å²) in [5.74, 6) is 1.60. The summed E-state index contributed by atoms with van der Waals surface area (Å²) in [6.07, 6.45) is 5.40. The van der Waals surface area contributed by atoms with Crippen LogP contribution in [0.2, 0.25) is 4.34 Å². The van der Waals surface area contributed by atoms with Crippen LogP contribution in [0.3, 0.4) is 0 Å². The Balaban J connectivity index is 1.47. The van der Waals surface area contributed by atoms with E-state index in [1.165, 1.54) is 21.1 Å². The van der Waals surface area contributed by atoms with Crippen molar-refractivity contribution in [3.05, 3.63) is 63.0 Å². The average molecular weight is 559 g/mol. The maximum Gasteiger partial charge on any atom is 0.330 e. The molecule has 0 unspecified atom stereocenters. The molecule has 0 atom stereocenters. The van der Waals surface area contributed by atoms with Crippen LogP contribution in [0.1, 0.15) is 16.7 Å². The lowest BCUT2D eigenvalue weighted by atomic mass is 10.1. The number of nitrogens with zero attached hydrogens (tertiary/aromatic N) is 5. The maximum absolute atomic E-state index is 13.7. The molecule has 0 radical (unpaired) electrons. The first-order valence-corrected chi connectivity index (χ1v) is 13.4. The van der Waals surface area contributed by atoms with Crippen LogP contribution in [-0.4, -0.2) is 61.3 Å². The van der Waals surface area contributed by atoms with Crippen molar-refractivity contribution < 1.29 is 18.7 Å². The fourth-order valence-corrected chi connectivity index (χ4v) is 5.35. The quantitative estimate of drug-likeness (QED) is 0.407. The Bertz CT molecular complexity index is 1350. The van der Waals surface area contributed by atoms with Crippen molar-refractivity contribution >= 4 is 52.1 Å². The highest BCUT2D eigenvalue weighted by Gasteiger charge is 2.35. The Morgan fingerprint density at radius 1 is 1.26 bits per heavy atom. The van der Waals surface area contributed by atoms with Gasteiger partial charge in [0.1, 0.15) is 29.2 Å². The summed E-state index contributed by atoms with van der Waals surface area (Å²) in [6, 6.07) is 5.41. The monoisotopic (exact) mass is 558 g/mol. The number of carbonyl (C=O) groups is 1. The Morgan fingerprint density at radius 3 is 2.95 bits per heavy atom. The van der Waals surface area contributed by atoms with Gasteiger partial charge in [-0.2, -0.15) is 4.98 Å². The van der Waals surface area contributed by atoms with E-state index < -0.39 is 6.67 Å². The van der Waals surface area contributed by atoms with Crippen molar-refractivity contribution in [3.8, 4) is 5.75 Å². The van der Waals surface area contributed by atoms with Crippen molar-refractivity contribution in [2.75, 3.05) is 55.5 Å². The van der Waals surface area contributed by atoms with Crippen molar-refractivity contribution in [3.63, 3.8) is 0 Å². The van der Waals surface area contributed by atoms with Crippen molar-refractivity contribution in [1.82, 2.24) is 14.9 Å². The molecule has 0 spiro atoms. The number of fused-ring (bicyclic) bond motifs is 3. The summed E-state index contributed by atoms with van der Waals surface area (Å²) >= 11 is 7.58. The second kappa shape index (κ2) is 11.6. The molecule has 4 bridgehead atoms. The summed E-state index contributed by atoms with van der Waals surface area (Å²) in [4.78, 5) is 27.9. The second-order valence-electron chi connectivity index (χ2n) is 9.12. The van der Waals surface area contributed by atoms with E-state index in [1.54, 1.807) is 11.6 Å². The zero-order valence-electron chi connectivity index (χ0n) is 21.1. The highest BCUT2D eigenvalue weighted by molar-refractivity contribution is 7.15. The van der Waals surface area contributed by atoms with Crippen molar-refractivity contribution in [2.45, 2.75) is 19.8 Å². The smallest absolute Gasteiger partial charge is 0.330 e. The molecule has 2 aliphatic heterocycles. The van der Waals surface area contributed by atoms with E-state index in [4.69, 9.17) is 21.1 Å². The predicted octanol–water partition coefficient (Wildman–Crippen LogP) is 5.38. The van der Waals surface area contributed by atoms with Crippen LogP contribution >= 0.6 is 22.9 Å². The Labute approximate surface area is 229 Å². The lowest BCUT2D eigenvalue weighted by molar-refractivity contribution is 0.144. The zero-order chi connectivity index (χ0) is 26.6. The Morgan fingerprint density at radius 2 is 2.13 bits per heavy atom. The fraction of sp³-hybridized carbons (Fsp3) is 0.346. The highest BCUT2D eigenvalue weighted by atomic mass is 35.5. The first-order chi connectivity index (χ1) is 18.4. The van der Waals surface area contributed by atoms with E-state index >= 15 is 0 Å². The molecule has 2 aromatic heterocycles. The normalized spacial score (nSPS) is 16.3. The molecule has 1 aromatic carbocycles. The predicted molar refractivity (Wildman–Crippen MR) is 148 cm³/mol. The van der Waals surface area contributed by atoms with Crippen LogP contribution in [0.4, 0.5) is 32.3 Å². The molecule has 12 heteroatoms.